The highest BCUT2D eigenvalue weighted by Gasteiger charge is 2.38. The first-order chi connectivity index (χ1) is 11.7. The normalized spacial score (nSPS) is 22.7. The fourth-order valence-corrected chi connectivity index (χ4v) is 5.50. The second-order valence-corrected chi connectivity index (χ2v) is 9.66. The summed E-state index contributed by atoms with van der Waals surface area (Å²) in [4.78, 5) is 14.3. The Morgan fingerprint density at radius 1 is 1.15 bits per heavy atom. The van der Waals surface area contributed by atoms with Gasteiger partial charge in [-0.3, -0.25) is 4.79 Å². The number of carbonyl (C=O) groups is 1. The SMILES string of the molecule is CCCC(C)(N)C(=O)N1CCN(S(=O)(=O)N(C)C2CCCCC2)CC1.Cl. The molecule has 9 heteroatoms. The zero-order valence-electron chi connectivity index (χ0n) is 16.3. The molecule has 0 radical (unpaired) electrons. The number of hydrogen-bond donors (Lipinski definition) is 1. The summed E-state index contributed by atoms with van der Waals surface area (Å²) in [5.41, 5.74) is 5.27. The lowest BCUT2D eigenvalue weighted by Gasteiger charge is -2.40. The van der Waals surface area contributed by atoms with E-state index in [0.29, 0.717) is 32.6 Å². The highest BCUT2D eigenvalue weighted by molar-refractivity contribution is 7.86. The summed E-state index contributed by atoms with van der Waals surface area (Å²) < 4.78 is 28.8. The lowest BCUT2D eigenvalue weighted by Crippen LogP contribution is -2.60. The molecule has 2 fully saturated rings. The third kappa shape index (κ3) is 5.32. The fourth-order valence-electron chi connectivity index (χ4n) is 3.92. The number of hydrogen-bond acceptors (Lipinski definition) is 4. The van der Waals surface area contributed by atoms with Crippen LogP contribution in [0.1, 0.15) is 58.8 Å². The van der Waals surface area contributed by atoms with Crippen molar-refractivity contribution in [1.29, 1.82) is 0 Å². The highest BCUT2D eigenvalue weighted by atomic mass is 35.5. The van der Waals surface area contributed by atoms with Gasteiger partial charge in [0.1, 0.15) is 0 Å². The van der Waals surface area contributed by atoms with Crippen molar-refractivity contribution < 1.29 is 13.2 Å². The molecule has 7 nitrogen and oxygen atoms in total. The number of piperazine rings is 1. The molecule has 2 rings (SSSR count). The van der Waals surface area contributed by atoms with Gasteiger partial charge in [-0.25, -0.2) is 0 Å². The van der Waals surface area contributed by atoms with Gasteiger partial charge < -0.3 is 10.6 Å². The number of halogens is 1. The van der Waals surface area contributed by atoms with E-state index in [1.165, 1.54) is 10.7 Å². The quantitative estimate of drug-likeness (QED) is 0.720. The van der Waals surface area contributed by atoms with Gasteiger partial charge in [0.15, 0.2) is 0 Å². The van der Waals surface area contributed by atoms with Crippen molar-refractivity contribution in [2.45, 2.75) is 70.4 Å². The van der Waals surface area contributed by atoms with Crippen molar-refractivity contribution in [2.24, 2.45) is 5.73 Å². The summed E-state index contributed by atoms with van der Waals surface area (Å²) in [6.07, 6.45) is 6.75. The molecule has 1 heterocycles. The van der Waals surface area contributed by atoms with Crippen LogP contribution >= 0.6 is 12.4 Å². The van der Waals surface area contributed by atoms with Crippen LogP contribution in [-0.2, 0) is 15.0 Å². The van der Waals surface area contributed by atoms with Crippen molar-refractivity contribution in [3.05, 3.63) is 0 Å². The molecule has 26 heavy (non-hydrogen) atoms. The van der Waals surface area contributed by atoms with Crippen LogP contribution in [0, 0.1) is 0 Å². The van der Waals surface area contributed by atoms with E-state index in [0.717, 1.165) is 32.1 Å². The van der Waals surface area contributed by atoms with Crippen LogP contribution in [0.3, 0.4) is 0 Å². The molecular formula is C17H35ClN4O3S. The lowest BCUT2D eigenvalue weighted by molar-refractivity contribution is -0.137. The number of rotatable bonds is 6. The standard InChI is InChI=1S/C17H34N4O3S.ClH/c1-4-10-17(2,18)16(22)20-11-13-21(14-12-20)25(23,24)19(3)15-8-6-5-7-9-15;/h15H,4-14,18H2,1-3H3;1H. The van der Waals surface area contributed by atoms with E-state index in [2.05, 4.69) is 0 Å². The molecule has 0 bridgehead atoms. The third-order valence-electron chi connectivity index (χ3n) is 5.56. The summed E-state index contributed by atoms with van der Waals surface area (Å²) in [7, 11) is -1.76. The summed E-state index contributed by atoms with van der Waals surface area (Å²) in [5.74, 6) is -0.0768. The molecule has 2 aliphatic rings. The van der Waals surface area contributed by atoms with E-state index in [4.69, 9.17) is 5.73 Å². The second kappa shape index (κ2) is 9.68. The topological polar surface area (TPSA) is 87.0 Å². The van der Waals surface area contributed by atoms with Gasteiger partial charge >= 0.3 is 0 Å². The monoisotopic (exact) mass is 410 g/mol. The Balaban J connectivity index is 0.00000338. The molecular weight excluding hydrogens is 376 g/mol. The van der Waals surface area contributed by atoms with E-state index in [1.807, 2.05) is 6.92 Å². The molecule has 1 atom stereocenters. The van der Waals surface area contributed by atoms with E-state index in [-0.39, 0.29) is 24.4 Å². The Kier molecular flexibility index (Phi) is 8.80. The minimum atomic E-state index is -3.46. The number of nitrogens with zero attached hydrogens (tertiary/aromatic N) is 3. The van der Waals surface area contributed by atoms with E-state index in [1.54, 1.807) is 23.2 Å². The van der Waals surface area contributed by atoms with E-state index >= 15 is 0 Å². The zero-order chi connectivity index (χ0) is 18.7. The smallest absolute Gasteiger partial charge is 0.282 e. The molecule has 1 unspecified atom stereocenters. The van der Waals surface area contributed by atoms with Gasteiger partial charge in [0.2, 0.25) is 5.91 Å². The van der Waals surface area contributed by atoms with Crippen LogP contribution < -0.4 is 5.73 Å². The van der Waals surface area contributed by atoms with E-state index in [9.17, 15) is 13.2 Å². The van der Waals surface area contributed by atoms with Crippen LogP contribution in [0.5, 0.6) is 0 Å². The predicted molar refractivity (Wildman–Crippen MR) is 106 cm³/mol. The van der Waals surface area contributed by atoms with Gasteiger partial charge in [-0.15, -0.1) is 12.4 Å². The van der Waals surface area contributed by atoms with Gasteiger partial charge in [0.25, 0.3) is 10.2 Å². The summed E-state index contributed by atoms with van der Waals surface area (Å²) in [5, 5.41) is 0. The molecule has 1 aliphatic heterocycles. The first-order valence-corrected chi connectivity index (χ1v) is 10.9. The molecule has 2 N–H and O–H groups in total. The van der Waals surface area contributed by atoms with Gasteiger partial charge in [-0.2, -0.15) is 17.0 Å². The fraction of sp³-hybridized carbons (Fsp3) is 0.941. The first kappa shape index (κ1) is 23.6. The van der Waals surface area contributed by atoms with Crippen LogP contribution in [0.15, 0.2) is 0 Å². The Bertz CT molecular complexity index is 556. The molecule has 1 saturated carbocycles. The number of nitrogens with two attached hydrogens (primary N) is 1. The highest BCUT2D eigenvalue weighted by Crippen LogP contribution is 2.25. The molecule has 1 saturated heterocycles. The van der Waals surface area contributed by atoms with Crippen LogP contribution in [-0.4, -0.2) is 72.6 Å². The Morgan fingerprint density at radius 2 is 1.69 bits per heavy atom. The van der Waals surface area contributed by atoms with Crippen molar-refractivity contribution >= 4 is 28.5 Å². The summed E-state index contributed by atoms with van der Waals surface area (Å²) in [6.45, 7) is 5.27. The maximum Gasteiger partial charge on any atom is 0.282 e. The maximum atomic E-state index is 12.9. The minimum absolute atomic E-state index is 0. The first-order valence-electron chi connectivity index (χ1n) is 9.51. The van der Waals surface area contributed by atoms with Gasteiger partial charge in [0.05, 0.1) is 5.54 Å². The molecule has 0 spiro atoms. The predicted octanol–water partition coefficient (Wildman–Crippen LogP) is 1.58. The van der Waals surface area contributed by atoms with Crippen LogP contribution in [0.2, 0.25) is 0 Å². The molecule has 0 aromatic carbocycles. The number of amides is 1. The zero-order valence-corrected chi connectivity index (χ0v) is 17.9. The summed E-state index contributed by atoms with van der Waals surface area (Å²) >= 11 is 0. The molecule has 0 aromatic heterocycles. The van der Waals surface area contributed by atoms with Gasteiger partial charge in [-0.1, -0.05) is 32.6 Å². The lowest BCUT2D eigenvalue weighted by atomic mass is 9.95. The van der Waals surface area contributed by atoms with Crippen molar-refractivity contribution in [3.63, 3.8) is 0 Å². The summed E-state index contributed by atoms with van der Waals surface area (Å²) in [6, 6.07) is 0.107. The average molecular weight is 411 g/mol. The largest absolute Gasteiger partial charge is 0.338 e. The Labute approximate surface area is 164 Å². The second-order valence-electron chi connectivity index (χ2n) is 7.67. The molecule has 1 aliphatic carbocycles. The minimum Gasteiger partial charge on any atom is -0.338 e. The molecule has 154 valence electrons. The van der Waals surface area contributed by atoms with Crippen LogP contribution in [0.4, 0.5) is 0 Å². The van der Waals surface area contributed by atoms with Crippen molar-refractivity contribution in [1.82, 2.24) is 13.5 Å². The maximum absolute atomic E-state index is 12.9. The Morgan fingerprint density at radius 3 is 2.19 bits per heavy atom. The van der Waals surface area contributed by atoms with E-state index < -0.39 is 15.7 Å². The van der Waals surface area contributed by atoms with Gasteiger partial charge in [0, 0.05) is 39.3 Å². The Hall–Kier alpha value is -0.410. The molecule has 1 amide bonds. The third-order valence-corrected chi connectivity index (χ3v) is 7.61. The van der Waals surface area contributed by atoms with Crippen LogP contribution in [0.25, 0.3) is 0 Å². The van der Waals surface area contributed by atoms with Crippen molar-refractivity contribution in [3.8, 4) is 0 Å². The molecule has 0 aromatic rings. The number of carbonyl (C=O) groups excluding carboxylic acids is 1. The van der Waals surface area contributed by atoms with Gasteiger partial charge in [-0.05, 0) is 26.2 Å². The van der Waals surface area contributed by atoms with Crippen molar-refractivity contribution in [2.75, 3.05) is 33.2 Å². The average Bonchev–Trinajstić information content (AvgIpc) is 2.61.